The SMILES string of the molecule is CCC(CC)(CNC(=O)NCC(C)C(C)(C)C)C(=O)O. The fourth-order valence-corrected chi connectivity index (χ4v) is 1.74. The number of urea groups is 1. The summed E-state index contributed by atoms with van der Waals surface area (Å²) < 4.78 is 0. The molecular formula is C15H30N2O3. The van der Waals surface area contributed by atoms with Gasteiger partial charge in [-0.2, -0.15) is 0 Å². The first-order chi connectivity index (χ1) is 9.09. The number of carbonyl (C=O) groups is 2. The van der Waals surface area contributed by atoms with E-state index in [4.69, 9.17) is 0 Å². The highest BCUT2D eigenvalue weighted by molar-refractivity contribution is 5.78. The summed E-state index contributed by atoms with van der Waals surface area (Å²) in [5.41, 5.74) is -0.738. The van der Waals surface area contributed by atoms with Crippen molar-refractivity contribution in [3.05, 3.63) is 0 Å². The first-order valence-electron chi connectivity index (χ1n) is 7.34. The standard InChI is InChI=1S/C15H30N2O3/c1-7-15(8-2,12(18)19)10-17-13(20)16-9-11(3)14(4,5)6/h11H,7-10H2,1-6H3,(H,18,19)(H2,16,17,20). The van der Waals surface area contributed by atoms with Gasteiger partial charge in [0.2, 0.25) is 0 Å². The molecule has 0 rings (SSSR count). The Kier molecular flexibility index (Phi) is 7.03. The van der Waals surface area contributed by atoms with E-state index in [0.29, 0.717) is 25.3 Å². The highest BCUT2D eigenvalue weighted by Gasteiger charge is 2.35. The predicted octanol–water partition coefficient (Wildman–Crippen LogP) is 2.86. The van der Waals surface area contributed by atoms with Crippen LogP contribution in [0.25, 0.3) is 0 Å². The van der Waals surface area contributed by atoms with Gasteiger partial charge in [0.1, 0.15) is 0 Å². The van der Waals surface area contributed by atoms with Gasteiger partial charge in [0.25, 0.3) is 0 Å². The summed E-state index contributed by atoms with van der Waals surface area (Å²) in [4.78, 5) is 23.1. The zero-order valence-electron chi connectivity index (χ0n) is 13.7. The normalized spacial score (nSPS) is 13.7. The summed E-state index contributed by atoms with van der Waals surface area (Å²) >= 11 is 0. The Morgan fingerprint density at radius 3 is 1.95 bits per heavy atom. The lowest BCUT2D eigenvalue weighted by Gasteiger charge is -2.29. The third-order valence-electron chi connectivity index (χ3n) is 4.44. The van der Waals surface area contributed by atoms with Crippen molar-refractivity contribution < 1.29 is 14.7 Å². The average molecular weight is 286 g/mol. The lowest BCUT2D eigenvalue weighted by atomic mass is 9.82. The zero-order chi connectivity index (χ0) is 16.0. The molecular weight excluding hydrogens is 256 g/mol. The largest absolute Gasteiger partial charge is 0.481 e. The number of amides is 2. The van der Waals surface area contributed by atoms with Crippen molar-refractivity contribution in [1.29, 1.82) is 0 Å². The number of hydrogen-bond donors (Lipinski definition) is 3. The summed E-state index contributed by atoms with van der Waals surface area (Å²) in [6.07, 6.45) is 0.995. The number of hydrogen-bond acceptors (Lipinski definition) is 2. The van der Waals surface area contributed by atoms with Crippen molar-refractivity contribution in [3.63, 3.8) is 0 Å². The number of carbonyl (C=O) groups excluding carboxylic acids is 1. The van der Waals surface area contributed by atoms with Crippen LogP contribution >= 0.6 is 0 Å². The van der Waals surface area contributed by atoms with Gasteiger partial charge in [-0.25, -0.2) is 4.79 Å². The van der Waals surface area contributed by atoms with Crippen molar-refractivity contribution in [3.8, 4) is 0 Å². The summed E-state index contributed by atoms with van der Waals surface area (Å²) in [6, 6.07) is -0.298. The molecule has 3 N–H and O–H groups in total. The first-order valence-corrected chi connectivity index (χ1v) is 7.34. The number of rotatable bonds is 7. The molecule has 0 fully saturated rings. The topological polar surface area (TPSA) is 78.4 Å². The molecule has 0 heterocycles. The molecule has 0 aromatic heterocycles. The van der Waals surface area contributed by atoms with Crippen LogP contribution in [0.2, 0.25) is 0 Å². The fourth-order valence-electron chi connectivity index (χ4n) is 1.74. The molecule has 0 aromatic carbocycles. The maximum atomic E-state index is 11.8. The maximum Gasteiger partial charge on any atom is 0.314 e. The van der Waals surface area contributed by atoms with E-state index >= 15 is 0 Å². The first kappa shape index (κ1) is 18.7. The summed E-state index contributed by atoms with van der Waals surface area (Å²) in [5, 5.41) is 14.8. The van der Waals surface area contributed by atoms with Gasteiger partial charge in [-0.15, -0.1) is 0 Å². The van der Waals surface area contributed by atoms with Crippen LogP contribution < -0.4 is 10.6 Å². The Bertz CT molecular complexity index is 331. The molecule has 0 radical (unpaired) electrons. The minimum absolute atomic E-state index is 0.130. The fraction of sp³-hybridized carbons (Fsp3) is 0.867. The third-order valence-corrected chi connectivity index (χ3v) is 4.44. The van der Waals surface area contributed by atoms with Gasteiger partial charge in [0, 0.05) is 13.1 Å². The Hall–Kier alpha value is -1.26. The van der Waals surface area contributed by atoms with Crippen LogP contribution in [0, 0.1) is 16.7 Å². The molecule has 0 aliphatic carbocycles. The molecule has 1 unspecified atom stereocenters. The summed E-state index contributed by atoms with van der Waals surface area (Å²) in [6.45, 7) is 12.9. The van der Waals surface area contributed by atoms with Crippen LogP contribution in [0.15, 0.2) is 0 Å². The Morgan fingerprint density at radius 1 is 1.10 bits per heavy atom. The van der Waals surface area contributed by atoms with E-state index < -0.39 is 11.4 Å². The minimum Gasteiger partial charge on any atom is -0.481 e. The quantitative estimate of drug-likeness (QED) is 0.673. The second-order valence-corrected chi connectivity index (χ2v) is 6.62. The molecule has 0 saturated carbocycles. The van der Waals surface area contributed by atoms with Crippen LogP contribution in [0.3, 0.4) is 0 Å². The summed E-state index contributed by atoms with van der Waals surface area (Å²) in [7, 11) is 0. The van der Waals surface area contributed by atoms with E-state index in [1.54, 1.807) is 0 Å². The van der Waals surface area contributed by atoms with E-state index in [1.807, 2.05) is 13.8 Å². The van der Waals surface area contributed by atoms with Crippen molar-refractivity contribution in [2.75, 3.05) is 13.1 Å². The predicted molar refractivity (Wildman–Crippen MR) is 80.7 cm³/mol. The van der Waals surface area contributed by atoms with E-state index in [2.05, 4.69) is 38.3 Å². The van der Waals surface area contributed by atoms with Gasteiger partial charge in [-0.1, -0.05) is 41.5 Å². The maximum absolute atomic E-state index is 11.8. The number of nitrogens with one attached hydrogen (secondary N) is 2. The van der Waals surface area contributed by atoms with E-state index in [-0.39, 0.29) is 18.0 Å². The van der Waals surface area contributed by atoms with Gasteiger partial charge >= 0.3 is 12.0 Å². The second-order valence-electron chi connectivity index (χ2n) is 6.62. The van der Waals surface area contributed by atoms with Crippen LogP contribution in [0.1, 0.15) is 54.4 Å². The van der Waals surface area contributed by atoms with Crippen molar-refractivity contribution in [2.24, 2.45) is 16.7 Å². The number of carboxylic acids is 1. The molecule has 2 amide bonds. The molecule has 5 heteroatoms. The van der Waals surface area contributed by atoms with Gasteiger partial charge in [-0.3, -0.25) is 4.79 Å². The van der Waals surface area contributed by atoms with Crippen molar-refractivity contribution in [2.45, 2.75) is 54.4 Å². The van der Waals surface area contributed by atoms with Gasteiger partial charge < -0.3 is 15.7 Å². The third kappa shape index (κ3) is 5.39. The molecule has 0 aliphatic rings. The monoisotopic (exact) mass is 286 g/mol. The van der Waals surface area contributed by atoms with Crippen molar-refractivity contribution in [1.82, 2.24) is 10.6 Å². The van der Waals surface area contributed by atoms with Crippen molar-refractivity contribution >= 4 is 12.0 Å². The molecule has 1 atom stereocenters. The zero-order valence-corrected chi connectivity index (χ0v) is 13.7. The van der Waals surface area contributed by atoms with Crippen LogP contribution in [0.4, 0.5) is 4.79 Å². The highest BCUT2D eigenvalue weighted by Crippen LogP contribution is 2.26. The average Bonchev–Trinajstić information content (AvgIpc) is 2.36. The molecule has 0 saturated heterocycles. The van der Waals surface area contributed by atoms with Crippen LogP contribution in [-0.2, 0) is 4.79 Å². The van der Waals surface area contributed by atoms with Gasteiger partial charge in [0.05, 0.1) is 5.41 Å². The highest BCUT2D eigenvalue weighted by atomic mass is 16.4. The Balaban J connectivity index is 4.32. The van der Waals surface area contributed by atoms with E-state index in [9.17, 15) is 14.7 Å². The summed E-state index contributed by atoms with van der Waals surface area (Å²) in [5.74, 6) is -0.513. The van der Waals surface area contributed by atoms with Crippen LogP contribution in [0.5, 0.6) is 0 Å². The molecule has 0 spiro atoms. The number of aliphatic carboxylic acids is 1. The molecule has 5 nitrogen and oxygen atoms in total. The second kappa shape index (κ2) is 7.50. The Labute approximate surface area is 122 Å². The molecule has 0 bridgehead atoms. The molecule has 0 aromatic rings. The van der Waals surface area contributed by atoms with E-state index in [0.717, 1.165) is 0 Å². The lowest BCUT2D eigenvalue weighted by molar-refractivity contribution is -0.149. The molecule has 20 heavy (non-hydrogen) atoms. The molecule has 0 aliphatic heterocycles. The van der Waals surface area contributed by atoms with Gasteiger partial charge in [-0.05, 0) is 24.2 Å². The lowest BCUT2D eigenvalue weighted by Crippen LogP contribution is -2.47. The minimum atomic E-state index is -0.868. The van der Waals surface area contributed by atoms with E-state index in [1.165, 1.54) is 0 Å². The van der Waals surface area contributed by atoms with Crippen LogP contribution in [-0.4, -0.2) is 30.2 Å². The smallest absolute Gasteiger partial charge is 0.314 e. The Morgan fingerprint density at radius 2 is 1.60 bits per heavy atom. The van der Waals surface area contributed by atoms with Gasteiger partial charge in [0.15, 0.2) is 0 Å². The number of carboxylic acid groups (broad SMARTS) is 1. The molecule has 118 valence electrons.